The second-order valence-electron chi connectivity index (χ2n) is 23.8. The van der Waals surface area contributed by atoms with Crippen molar-refractivity contribution in [2.75, 3.05) is 74.2 Å². The number of cyclic esters (lactones) is 2. The molecule has 0 saturated carbocycles. The van der Waals surface area contributed by atoms with E-state index in [-0.39, 0.29) is 28.0 Å². The molecule has 0 aromatic heterocycles. The minimum absolute atomic E-state index is 0.0865. The number of amides is 10. The minimum atomic E-state index is -1.89. The molecule has 9 atom stereocenters. The van der Waals surface area contributed by atoms with E-state index < -0.39 is 192 Å². The van der Waals surface area contributed by atoms with E-state index in [1.54, 1.807) is 62.3 Å². The SMILES string of the molecule is CC[C@H](C)[C@H]1NC(=O)[C@@H](NC(=O)c2c3nc4c(C(=O)NC5C(=O)NC(C(C)C)C(=O)N(C)CC(=O)N(C)CC(=O)N(C)C(C(C)C)C(=O)O[C@@H]5C)ccc(C)c4oc-3c(C)c(=O)c2N)[C@@H](C)OC(=O)[C@H](C(C)C)N(C)C(=O)CN(C)C(=O)CN(C)C1=O. The average molecular weight is 1220 g/mol. The first-order valence-electron chi connectivity index (χ1n) is 28.8. The highest BCUT2D eigenvalue weighted by atomic mass is 16.6. The maximum absolute atomic E-state index is 15.1. The van der Waals surface area contributed by atoms with E-state index in [4.69, 9.17) is 24.6 Å². The molecule has 3 unspecified atom stereocenters. The number of carbonyl (C=O) groups excluding carboxylic acids is 12. The van der Waals surface area contributed by atoms with Crippen LogP contribution in [-0.2, 0) is 57.4 Å². The molecule has 1 aromatic carbocycles. The molecule has 4 aliphatic rings. The number of rotatable bonds is 9. The number of carbonyl (C=O) groups is 12. The van der Waals surface area contributed by atoms with Gasteiger partial charge < -0.3 is 70.3 Å². The summed E-state index contributed by atoms with van der Waals surface area (Å²) in [6.07, 6.45) is -2.78. The second-order valence-corrected chi connectivity index (χ2v) is 23.8. The standard InChI is InChI=1S/C59H84N12O16/c1-19-29(8)42-57(82)69(16)23-36(73)67(14)25-38(75)71(18)48(28(6)7)59(84)86-33(12)44(55(80)63-42)65-53(78)39-40(60)49(76)31(10)51-46(39)61-45-34(21-20-30(9)50(45)87-51)52(77)64-43-32(11)85-58(83)47(27(4)5)70(17)37(74)24-66(13)35(72)22-68(15)56(81)41(26(2)3)62-54(43)79/h20-21,26-29,32-33,41-44,47-48H,19,22-25,60H2,1-18H3,(H,62,79)(H,63,80)(H,64,77)(H,65,78)/t29-,32+,33+,41?,42+,43?,44-,47?,48-/m0/s1. The molecule has 3 heterocycles. The summed E-state index contributed by atoms with van der Waals surface area (Å²) in [5.74, 6) is -12.9. The van der Waals surface area contributed by atoms with E-state index in [0.29, 0.717) is 12.0 Å². The number of benzene rings is 2. The Labute approximate surface area is 505 Å². The number of hydrogen-bond acceptors (Lipinski definition) is 18. The van der Waals surface area contributed by atoms with Crippen LogP contribution in [0.5, 0.6) is 0 Å². The highest BCUT2D eigenvalue weighted by molar-refractivity contribution is 6.10. The second kappa shape index (κ2) is 28.2. The normalized spacial score (nSPS) is 24.1. The zero-order chi connectivity index (χ0) is 65.7. The fourth-order valence-corrected chi connectivity index (χ4v) is 10.3. The molecule has 1 aliphatic carbocycles. The first-order chi connectivity index (χ1) is 40.5. The Morgan fingerprint density at radius 3 is 1.48 bits per heavy atom. The molecule has 0 bridgehead atoms. The molecule has 10 amide bonds. The molecule has 476 valence electrons. The number of nitrogens with one attached hydrogen (secondary N) is 4. The van der Waals surface area contributed by atoms with Crippen molar-refractivity contribution in [3.8, 4) is 11.5 Å². The average Bonchev–Trinajstić information content (AvgIpc) is 0.866. The van der Waals surface area contributed by atoms with E-state index in [2.05, 4.69) is 21.3 Å². The summed E-state index contributed by atoms with van der Waals surface area (Å²) in [5, 5.41) is 10.5. The van der Waals surface area contributed by atoms with Crippen LogP contribution in [0.25, 0.3) is 22.6 Å². The summed E-state index contributed by atoms with van der Waals surface area (Å²) in [6.45, 7) is 16.9. The zero-order valence-electron chi connectivity index (χ0n) is 52.9. The van der Waals surface area contributed by atoms with Crippen molar-refractivity contribution >= 4 is 87.8 Å². The van der Waals surface area contributed by atoms with E-state index in [9.17, 15) is 57.5 Å². The molecule has 87 heavy (non-hydrogen) atoms. The number of hydrogen-bond donors (Lipinski definition) is 5. The van der Waals surface area contributed by atoms with Crippen molar-refractivity contribution < 1.29 is 71.4 Å². The third-order valence-electron chi connectivity index (χ3n) is 16.0. The number of ether oxygens (including phenoxy) is 2. The van der Waals surface area contributed by atoms with Crippen LogP contribution in [0.4, 0.5) is 5.69 Å². The van der Waals surface area contributed by atoms with Crippen LogP contribution in [0.2, 0.25) is 0 Å². The monoisotopic (exact) mass is 1220 g/mol. The summed E-state index contributed by atoms with van der Waals surface area (Å²) in [4.78, 5) is 195. The summed E-state index contributed by atoms with van der Waals surface area (Å²) in [5.41, 5.74) is 3.44. The van der Waals surface area contributed by atoms with Gasteiger partial charge in [-0.1, -0.05) is 67.9 Å². The van der Waals surface area contributed by atoms with Gasteiger partial charge in [0.1, 0.15) is 59.7 Å². The highest BCUT2D eigenvalue weighted by Gasteiger charge is 2.43. The Morgan fingerprint density at radius 1 is 0.621 bits per heavy atom. The fourth-order valence-electron chi connectivity index (χ4n) is 10.3. The lowest BCUT2D eigenvalue weighted by molar-refractivity contribution is -0.163. The molecule has 0 radical (unpaired) electrons. The number of nitrogens with two attached hydrogens (primary N) is 1. The van der Waals surface area contributed by atoms with Gasteiger partial charge in [0.25, 0.3) is 11.8 Å². The number of nitrogen functional groups attached to an aromatic ring is 1. The van der Waals surface area contributed by atoms with Gasteiger partial charge in [0.05, 0.1) is 43.0 Å². The van der Waals surface area contributed by atoms with Crippen molar-refractivity contribution in [1.29, 1.82) is 0 Å². The third kappa shape index (κ3) is 15.1. The molecule has 2 fully saturated rings. The lowest BCUT2D eigenvalue weighted by Gasteiger charge is -2.35. The quantitative estimate of drug-likeness (QED) is 0.107. The van der Waals surface area contributed by atoms with Crippen LogP contribution in [0.15, 0.2) is 21.3 Å². The highest BCUT2D eigenvalue weighted by Crippen LogP contribution is 2.35. The molecular weight excluding hydrogens is 1130 g/mol. The lowest BCUT2D eigenvalue weighted by atomic mass is 9.96. The van der Waals surface area contributed by atoms with Crippen LogP contribution in [-0.4, -0.2) is 222 Å². The number of fused-ring (bicyclic) bond motifs is 2. The molecule has 3 aliphatic heterocycles. The van der Waals surface area contributed by atoms with Gasteiger partial charge >= 0.3 is 11.9 Å². The Bertz CT molecular complexity index is 3250. The predicted molar refractivity (Wildman–Crippen MR) is 316 cm³/mol. The van der Waals surface area contributed by atoms with Crippen molar-refractivity contribution in [2.45, 2.75) is 138 Å². The number of aryl methyl sites for hydroxylation is 1. The van der Waals surface area contributed by atoms with Crippen LogP contribution >= 0.6 is 0 Å². The Kier molecular flexibility index (Phi) is 22.4. The summed E-state index contributed by atoms with van der Waals surface area (Å²) < 4.78 is 18.2. The maximum atomic E-state index is 15.1. The molecule has 0 spiro atoms. The van der Waals surface area contributed by atoms with Crippen LogP contribution < -0.4 is 32.4 Å². The first-order valence-corrected chi connectivity index (χ1v) is 28.8. The Morgan fingerprint density at radius 2 is 1.05 bits per heavy atom. The molecule has 5 rings (SSSR count). The first kappa shape index (κ1) is 69.1. The third-order valence-corrected chi connectivity index (χ3v) is 16.0. The van der Waals surface area contributed by atoms with Crippen molar-refractivity contribution in [2.24, 2.45) is 23.7 Å². The number of esters is 2. The summed E-state index contributed by atoms with van der Waals surface area (Å²) in [7, 11) is 8.11. The van der Waals surface area contributed by atoms with Gasteiger partial charge in [0.2, 0.25) is 52.7 Å². The molecule has 2 saturated heterocycles. The topological polar surface area (TPSA) is 360 Å². The molecule has 6 N–H and O–H groups in total. The van der Waals surface area contributed by atoms with E-state index in [1.807, 2.05) is 0 Å². The van der Waals surface area contributed by atoms with Gasteiger partial charge in [-0.25, -0.2) is 14.6 Å². The zero-order valence-corrected chi connectivity index (χ0v) is 52.9. The Balaban J connectivity index is 1.68. The fraction of sp³-hybridized carbons (Fsp3) is 0.593. The van der Waals surface area contributed by atoms with Gasteiger partial charge in [0.15, 0.2) is 11.3 Å². The van der Waals surface area contributed by atoms with Gasteiger partial charge in [-0.05, 0) is 63.0 Å². The van der Waals surface area contributed by atoms with Gasteiger partial charge in [-0.2, -0.15) is 0 Å². The van der Waals surface area contributed by atoms with E-state index >= 15 is 4.79 Å². The van der Waals surface area contributed by atoms with Crippen LogP contribution in [0, 0.1) is 37.5 Å². The Hall–Kier alpha value is -8.72. The van der Waals surface area contributed by atoms with E-state index in [1.165, 1.54) is 75.2 Å². The number of anilines is 1. The smallest absolute Gasteiger partial charge is 0.329 e. The molecule has 28 heteroatoms. The maximum Gasteiger partial charge on any atom is 0.329 e. The summed E-state index contributed by atoms with van der Waals surface area (Å²) >= 11 is 0. The minimum Gasteiger partial charge on any atom is -0.458 e. The van der Waals surface area contributed by atoms with Crippen LogP contribution in [0.1, 0.15) is 108 Å². The van der Waals surface area contributed by atoms with Crippen molar-refractivity contribution in [3.63, 3.8) is 0 Å². The van der Waals surface area contributed by atoms with Gasteiger partial charge in [-0.15, -0.1) is 0 Å². The van der Waals surface area contributed by atoms with Crippen LogP contribution in [0.3, 0.4) is 0 Å². The number of likely N-dealkylation sites (N-methyl/N-ethyl adjacent to an activating group) is 6. The van der Waals surface area contributed by atoms with Gasteiger partial charge in [0, 0.05) is 47.8 Å². The molecule has 28 nitrogen and oxygen atoms in total. The largest absolute Gasteiger partial charge is 0.458 e. The van der Waals surface area contributed by atoms with E-state index in [0.717, 1.165) is 29.4 Å². The molecule has 1 aromatic rings. The lowest BCUT2D eigenvalue weighted by Crippen LogP contribution is -2.60. The van der Waals surface area contributed by atoms with Crippen molar-refractivity contribution in [3.05, 3.63) is 44.6 Å². The van der Waals surface area contributed by atoms with Gasteiger partial charge in [-0.3, -0.25) is 52.7 Å². The predicted octanol–water partition coefficient (Wildman–Crippen LogP) is 0.0505. The van der Waals surface area contributed by atoms with Crippen molar-refractivity contribution in [1.82, 2.24) is 55.7 Å². The summed E-state index contributed by atoms with van der Waals surface area (Å²) in [6, 6.07) is -6.06. The number of aromatic nitrogens is 1. The molecular formula is C59H84N12O16. The number of nitrogens with zero attached hydrogens (tertiary/aromatic N) is 7.